The Hall–Kier alpha value is -1.01. The van der Waals surface area contributed by atoms with E-state index in [9.17, 15) is 0 Å². The van der Waals surface area contributed by atoms with Crippen molar-refractivity contribution in [2.24, 2.45) is 0 Å². The molecule has 0 radical (unpaired) electrons. The second kappa shape index (κ2) is 6.96. The summed E-state index contributed by atoms with van der Waals surface area (Å²) < 4.78 is 0. The topological polar surface area (TPSA) is 15.3 Å². The molecule has 1 aromatic carbocycles. The molecule has 2 rings (SSSR count). The van der Waals surface area contributed by atoms with E-state index in [1.165, 1.54) is 5.56 Å². The van der Waals surface area contributed by atoms with Crippen molar-refractivity contribution < 1.29 is 0 Å². The van der Waals surface area contributed by atoms with Crippen molar-refractivity contribution in [3.8, 4) is 12.3 Å². The molecule has 1 fully saturated rings. The Bertz CT molecular complexity index is 444. The standard InChI is InChI=1S/C16H21ClN2/c1-3-10-19-11-8-14(9-12-19)18-13(2)15-6-4-5-7-16(15)17/h1,4-7,13-14,18H,8-12H2,2H3. The lowest BCUT2D eigenvalue weighted by atomic mass is 10.0. The molecule has 19 heavy (non-hydrogen) atoms. The van der Waals surface area contributed by atoms with Crippen molar-refractivity contribution in [2.45, 2.75) is 31.8 Å². The Balaban J connectivity index is 1.86. The van der Waals surface area contributed by atoms with Gasteiger partial charge in [-0.15, -0.1) is 6.42 Å². The van der Waals surface area contributed by atoms with Crippen LogP contribution in [0.3, 0.4) is 0 Å². The number of terminal acetylenes is 1. The van der Waals surface area contributed by atoms with Crippen LogP contribution >= 0.6 is 11.6 Å². The van der Waals surface area contributed by atoms with Crippen molar-refractivity contribution in [3.05, 3.63) is 34.9 Å². The molecule has 1 atom stereocenters. The van der Waals surface area contributed by atoms with Gasteiger partial charge in [0, 0.05) is 30.2 Å². The fourth-order valence-corrected chi connectivity index (χ4v) is 2.96. The molecular weight excluding hydrogens is 256 g/mol. The Morgan fingerprint density at radius 2 is 2.11 bits per heavy atom. The molecule has 1 heterocycles. The number of likely N-dealkylation sites (tertiary alicyclic amines) is 1. The lowest BCUT2D eigenvalue weighted by Gasteiger charge is -2.33. The van der Waals surface area contributed by atoms with Crippen molar-refractivity contribution in [2.75, 3.05) is 19.6 Å². The van der Waals surface area contributed by atoms with E-state index in [4.69, 9.17) is 18.0 Å². The molecule has 0 amide bonds. The second-order valence-electron chi connectivity index (χ2n) is 5.16. The van der Waals surface area contributed by atoms with Crippen LogP contribution in [0.5, 0.6) is 0 Å². The number of nitrogens with one attached hydrogen (secondary N) is 1. The van der Waals surface area contributed by atoms with Crippen LogP contribution < -0.4 is 5.32 Å². The zero-order chi connectivity index (χ0) is 13.7. The monoisotopic (exact) mass is 276 g/mol. The molecule has 0 saturated carbocycles. The number of rotatable bonds is 4. The highest BCUT2D eigenvalue weighted by Crippen LogP contribution is 2.23. The lowest BCUT2D eigenvalue weighted by Crippen LogP contribution is -2.43. The predicted octanol–water partition coefficient (Wildman–Crippen LogP) is 3.09. The second-order valence-corrected chi connectivity index (χ2v) is 5.57. The molecule has 3 heteroatoms. The molecule has 1 aromatic rings. The summed E-state index contributed by atoms with van der Waals surface area (Å²) in [5.74, 6) is 2.71. The summed E-state index contributed by atoms with van der Waals surface area (Å²) in [5.41, 5.74) is 1.18. The van der Waals surface area contributed by atoms with E-state index in [1.54, 1.807) is 0 Å². The number of nitrogens with zero attached hydrogens (tertiary/aromatic N) is 1. The van der Waals surface area contributed by atoms with Gasteiger partial charge < -0.3 is 5.32 Å². The minimum absolute atomic E-state index is 0.290. The van der Waals surface area contributed by atoms with Crippen molar-refractivity contribution in [1.29, 1.82) is 0 Å². The first kappa shape index (κ1) is 14.4. The molecule has 1 aliphatic rings. The quantitative estimate of drug-likeness (QED) is 0.850. The first-order valence-corrected chi connectivity index (χ1v) is 7.25. The average molecular weight is 277 g/mol. The summed E-state index contributed by atoms with van der Waals surface area (Å²) in [6, 6.07) is 8.89. The fourth-order valence-electron chi connectivity index (χ4n) is 2.66. The zero-order valence-electron chi connectivity index (χ0n) is 11.4. The summed E-state index contributed by atoms with van der Waals surface area (Å²) >= 11 is 6.23. The Labute approximate surface area is 121 Å². The Morgan fingerprint density at radius 3 is 2.74 bits per heavy atom. The van der Waals surface area contributed by atoms with Gasteiger partial charge in [-0.25, -0.2) is 0 Å². The molecule has 1 saturated heterocycles. The van der Waals surface area contributed by atoms with Crippen LogP contribution in [0.25, 0.3) is 0 Å². The van der Waals surface area contributed by atoms with Gasteiger partial charge in [0.25, 0.3) is 0 Å². The highest BCUT2D eigenvalue weighted by atomic mass is 35.5. The minimum atomic E-state index is 0.290. The highest BCUT2D eigenvalue weighted by molar-refractivity contribution is 6.31. The van der Waals surface area contributed by atoms with Crippen LogP contribution in [0.15, 0.2) is 24.3 Å². The molecule has 0 bridgehead atoms. The van der Waals surface area contributed by atoms with Crippen LogP contribution in [0, 0.1) is 12.3 Å². The summed E-state index contributed by atoms with van der Waals surface area (Å²) in [4.78, 5) is 2.33. The Morgan fingerprint density at radius 1 is 1.42 bits per heavy atom. The molecular formula is C16H21ClN2. The normalized spacial score (nSPS) is 19.0. The van der Waals surface area contributed by atoms with Gasteiger partial charge in [0.1, 0.15) is 0 Å². The highest BCUT2D eigenvalue weighted by Gasteiger charge is 2.20. The number of benzene rings is 1. The molecule has 2 nitrogen and oxygen atoms in total. The van der Waals surface area contributed by atoms with Crippen molar-refractivity contribution in [1.82, 2.24) is 10.2 Å². The van der Waals surface area contributed by atoms with Gasteiger partial charge in [0.2, 0.25) is 0 Å². The van der Waals surface area contributed by atoms with Gasteiger partial charge in [-0.05, 0) is 31.4 Å². The van der Waals surface area contributed by atoms with E-state index in [0.717, 1.165) is 37.5 Å². The van der Waals surface area contributed by atoms with Gasteiger partial charge >= 0.3 is 0 Å². The zero-order valence-corrected chi connectivity index (χ0v) is 12.2. The third kappa shape index (κ3) is 3.98. The SMILES string of the molecule is C#CCN1CCC(NC(C)c2ccccc2Cl)CC1. The van der Waals surface area contributed by atoms with Crippen LogP contribution in [0.4, 0.5) is 0 Å². The van der Waals surface area contributed by atoms with Gasteiger partial charge in [-0.1, -0.05) is 35.7 Å². The van der Waals surface area contributed by atoms with Crippen LogP contribution in [-0.4, -0.2) is 30.6 Å². The van der Waals surface area contributed by atoms with E-state index in [1.807, 2.05) is 18.2 Å². The molecule has 0 spiro atoms. The molecule has 0 aliphatic carbocycles. The molecule has 0 aromatic heterocycles. The number of hydrogen-bond donors (Lipinski definition) is 1. The smallest absolute Gasteiger partial charge is 0.0598 e. The summed E-state index contributed by atoms with van der Waals surface area (Å²) in [7, 11) is 0. The predicted molar refractivity (Wildman–Crippen MR) is 81.3 cm³/mol. The molecule has 1 N–H and O–H groups in total. The first-order chi connectivity index (χ1) is 9.20. The maximum atomic E-state index is 6.23. The van der Waals surface area contributed by atoms with Gasteiger partial charge in [0.05, 0.1) is 6.54 Å². The van der Waals surface area contributed by atoms with Gasteiger partial charge in [-0.3, -0.25) is 4.90 Å². The van der Waals surface area contributed by atoms with E-state index in [2.05, 4.69) is 29.1 Å². The summed E-state index contributed by atoms with van der Waals surface area (Å²) in [6.45, 7) is 5.11. The fraction of sp³-hybridized carbons (Fsp3) is 0.500. The summed E-state index contributed by atoms with van der Waals surface area (Å²) in [5, 5.41) is 4.52. The van der Waals surface area contributed by atoms with Crippen LogP contribution in [0.2, 0.25) is 5.02 Å². The molecule has 1 aliphatic heterocycles. The molecule has 102 valence electrons. The third-order valence-electron chi connectivity index (χ3n) is 3.76. The number of hydrogen-bond acceptors (Lipinski definition) is 2. The largest absolute Gasteiger partial charge is 0.307 e. The number of piperidine rings is 1. The first-order valence-electron chi connectivity index (χ1n) is 6.87. The lowest BCUT2D eigenvalue weighted by molar-refractivity contribution is 0.211. The Kier molecular flexibility index (Phi) is 5.27. The van der Waals surface area contributed by atoms with Crippen molar-refractivity contribution in [3.63, 3.8) is 0 Å². The average Bonchev–Trinajstić information content (AvgIpc) is 2.42. The maximum absolute atomic E-state index is 6.23. The van der Waals surface area contributed by atoms with Gasteiger partial charge in [-0.2, -0.15) is 0 Å². The minimum Gasteiger partial charge on any atom is -0.307 e. The van der Waals surface area contributed by atoms with E-state index in [-0.39, 0.29) is 6.04 Å². The summed E-state index contributed by atoms with van der Waals surface area (Å²) in [6.07, 6.45) is 7.64. The van der Waals surface area contributed by atoms with Gasteiger partial charge in [0.15, 0.2) is 0 Å². The van der Waals surface area contributed by atoms with E-state index in [0.29, 0.717) is 6.04 Å². The maximum Gasteiger partial charge on any atom is 0.0598 e. The van der Waals surface area contributed by atoms with E-state index < -0.39 is 0 Å². The van der Waals surface area contributed by atoms with Crippen LogP contribution in [0.1, 0.15) is 31.4 Å². The van der Waals surface area contributed by atoms with E-state index >= 15 is 0 Å². The van der Waals surface area contributed by atoms with Crippen LogP contribution in [-0.2, 0) is 0 Å². The third-order valence-corrected chi connectivity index (χ3v) is 4.10. The number of halogens is 1. The molecule has 1 unspecified atom stereocenters. The van der Waals surface area contributed by atoms with Crippen molar-refractivity contribution >= 4 is 11.6 Å².